The van der Waals surface area contributed by atoms with Crippen LogP contribution in [-0.2, 0) is 4.79 Å². The fourth-order valence-corrected chi connectivity index (χ4v) is 6.81. The van der Waals surface area contributed by atoms with Crippen LogP contribution in [0, 0.1) is 28.6 Å². The van der Waals surface area contributed by atoms with E-state index in [1.807, 2.05) is 0 Å². The van der Waals surface area contributed by atoms with Crippen LogP contribution in [0.15, 0.2) is 23.3 Å². The number of ketones is 1. The molecule has 3 nitrogen and oxygen atoms in total. The summed E-state index contributed by atoms with van der Waals surface area (Å²) in [6.45, 7) is 6.22. The van der Waals surface area contributed by atoms with Gasteiger partial charge in [-0.1, -0.05) is 31.6 Å². The monoisotopic (exact) mass is 330 g/mol. The van der Waals surface area contributed by atoms with E-state index >= 15 is 0 Å². The molecular formula is C21H30O3. The van der Waals surface area contributed by atoms with E-state index in [4.69, 9.17) is 0 Å². The highest BCUT2D eigenvalue weighted by Gasteiger charge is 2.59. The van der Waals surface area contributed by atoms with Gasteiger partial charge in [-0.2, -0.15) is 0 Å². The van der Waals surface area contributed by atoms with Gasteiger partial charge in [0.1, 0.15) is 0 Å². The quantitative estimate of drug-likeness (QED) is 0.725. The van der Waals surface area contributed by atoms with Crippen molar-refractivity contribution in [1.29, 1.82) is 0 Å². The standard InChI is InChI=1S/C21H30O3/c1-12(22)16-6-7-17-15-5-4-13-10-14(23)11-19(24)21(13,3)18(15)8-9-20(16,17)2/h4,6,14-15,17-19,23-24H,5,7-11H2,1-3H3/t14-,15-,17+,18-,19+,20+,21-/m0/s1. The zero-order valence-corrected chi connectivity index (χ0v) is 15.1. The predicted octanol–water partition coefficient (Wildman–Crippen LogP) is 3.41. The summed E-state index contributed by atoms with van der Waals surface area (Å²) < 4.78 is 0. The topological polar surface area (TPSA) is 57.5 Å². The third kappa shape index (κ3) is 2.00. The van der Waals surface area contributed by atoms with Crippen LogP contribution >= 0.6 is 0 Å². The van der Waals surface area contributed by atoms with E-state index in [9.17, 15) is 15.0 Å². The molecule has 0 spiro atoms. The van der Waals surface area contributed by atoms with Crippen molar-refractivity contribution in [3.63, 3.8) is 0 Å². The van der Waals surface area contributed by atoms with E-state index in [0.717, 1.165) is 37.7 Å². The Hall–Kier alpha value is -0.930. The fourth-order valence-electron chi connectivity index (χ4n) is 6.81. The van der Waals surface area contributed by atoms with Crippen LogP contribution in [0.3, 0.4) is 0 Å². The molecule has 132 valence electrons. The van der Waals surface area contributed by atoms with Gasteiger partial charge in [0.05, 0.1) is 12.2 Å². The number of aliphatic hydroxyl groups excluding tert-OH is 2. The molecule has 4 rings (SSSR count). The molecule has 0 bridgehead atoms. The summed E-state index contributed by atoms with van der Waals surface area (Å²) in [6, 6.07) is 0. The maximum atomic E-state index is 12.1. The molecule has 7 atom stereocenters. The largest absolute Gasteiger partial charge is 0.393 e. The Balaban J connectivity index is 1.70. The number of hydrogen-bond donors (Lipinski definition) is 2. The van der Waals surface area contributed by atoms with Crippen LogP contribution in [0.1, 0.15) is 59.3 Å². The fraction of sp³-hybridized carbons (Fsp3) is 0.762. The summed E-state index contributed by atoms with van der Waals surface area (Å²) >= 11 is 0. The van der Waals surface area contributed by atoms with Gasteiger partial charge in [-0.15, -0.1) is 0 Å². The number of aliphatic hydroxyl groups is 2. The van der Waals surface area contributed by atoms with E-state index < -0.39 is 12.2 Å². The molecule has 0 aromatic heterocycles. The van der Waals surface area contributed by atoms with Crippen molar-refractivity contribution >= 4 is 5.78 Å². The summed E-state index contributed by atoms with van der Waals surface area (Å²) in [4.78, 5) is 12.1. The minimum absolute atomic E-state index is 0.0217. The molecular weight excluding hydrogens is 300 g/mol. The molecule has 0 aromatic carbocycles. The molecule has 0 saturated heterocycles. The number of allylic oxidation sites excluding steroid dienone is 3. The first-order chi connectivity index (χ1) is 11.3. The molecule has 24 heavy (non-hydrogen) atoms. The number of rotatable bonds is 1. The van der Waals surface area contributed by atoms with Gasteiger partial charge in [-0.25, -0.2) is 0 Å². The summed E-state index contributed by atoms with van der Waals surface area (Å²) in [5.41, 5.74) is 2.15. The Morgan fingerprint density at radius 3 is 2.62 bits per heavy atom. The normalized spacial score (nSPS) is 50.3. The summed E-state index contributed by atoms with van der Waals surface area (Å²) in [5.74, 6) is 1.76. The van der Waals surface area contributed by atoms with Crippen molar-refractivity contribution in [2.24, 2.45) is 28.6 Å². The Morgan fingerprint density at radius 2 is 1.92 bits per heavy atom. The van der Waals surface area contributed by atoms with Crippen LogP contribution in [-0.4, -0.2) is 28.2 Å². The Kier molecular flexibility index (Phi) is 3.64. The zero-order chi connectivity index (χ0) is 17.3. The third-order valence-electron chi connectivity index (χ3n) is 8.14. The van der Waals surface area contributed by atoms with E-state index in [2.05, 4.69) is 26.0 Å². The van der Waals surface area contributed by atoms with Crippen molar-refractivity contribution in [2.75, 3.05) is 0 Å². The molecule has 0 aromatic rings. The SMILES string of the molecule is CC(=O)C1=CC[C@@H]2[C@@H]3CC=C4C[C@H](O)C[C@@H](O)[C@]4(C)[C@H]3CC[C@]12C. The summed E-state index contributed by atoms with van der Waals surface area (Å²) in [7, 11) is 0. The summed E-state index contributed by atoms with van der Waals surface area (Å²) in [6.07, 6.45) is 9.02. The van der Waals surface area contributed by atoms with Crippen molar-refractivity contribution in [3.05, 3.63) is 23.3 Å². The third-order valence-corrected chi connectivity index (χ3v) is 8.14. The van der Waals surface area contributed by atoms with Crippen molar-refractivity contribution < 1.29 is 15.0 Å². The van der Waals surface area contributed by atoms with Crippen LogP contribution in [0.25, 0.3) is 0 Å². The van der Waals surface area contributed by atoms with Gasteiger partial charge >= 0.3 is 0 Å². The molecule has 0 amide bonds. The molecule has 4 aliphatic rings. The molecule has 3 heteroatoms. The minimum Gasteiger partial charge on any atom is -0.393 e. The molecule has 2 saturated carbocycles. The highest BCUT2D eigenvalue weighted by atomic mass is 16.3. The van der Waals surface area contributed by atoms with Gasteiger partial charge in [0.2, 0.25) is 0 Å². The number of carbonyl (C=O) groups excluding carboxylic acids is 1. The first-order valence-electron chi connectivity index (χ1n) is 9.55. The lowest BCUT2D eigenvalue weighted by Gasteiger charge is -2.58. The van der Waals surface area contributed by atoms with Gasteiger partial charge in [-0.05, 0) is 67.8 Å². The first-order valence-corrected chi connectivity index (χ1v) is 9.55. The second-order valence-electron chi connectivity index (χ2n) is 9.10. The van der Waals surface area contributed by atoms with Crippen molar-refractivity contribution in [2.45, 2.75) is 71.5 Å². The smallest absolute Gasteiger partial charge is 0.156 e. The van der Waals surface area contributed by atoms with Gasteiger partial charge in [0.25, 0.3) is 0 Å². The molecule has 4 aliphatic carbocycles. The van der Waals surface area contributed by atoms with Crippen molar-refractivity contribution in [1.82, 2.24) is 0 Å². The predicted molar refractivity (Wildman–Crippen MR) is 93.2 cm³/mol. The van der Waals surface area contributed by atoms with Crippen molar-refractivity contribution in [3.8, 4) is 0 Å². The molecule has 2 fully saturated rings. The summed E-state index contributed by atoms with van der Waals surface area (Å²) in [5, 5.41) is 20.9. The van der Waals surface area contributed by atoms with Crippen LogP contribution in [0.4, 0.5) is 0 Å². The van der Waals surface area contributed by atoms with Crippen LogP contribution in [0.2, 0.25) is 0 Å². The number of Topliss-reactive ketones (excluding diaryl/α,β-unsaturated/α-hetero) is 1. The highest BCUT2D eigenvalue weighted by Crippen LogP contribution is 2.64. The number of carbonyl (C=O) groups is 1. The minimum atomic E-state index is -0.453. The molecule has 0 heterocycles. The van der Waals surface area contributed by atoms with Crippen LogP contribution in [0.5, 0.6) is 0 Å². The van der Waals surface area contributed by atoms with Crippen LogP contribution < -0.4 is 0 Å². The lowest BCUT2D eigenvalue weighted by atomic mass is 9.46. The molecule has 0 radical (unpaired) electrons. The van der Waals surface area contributed by atoms with E-state index in [-0.39, 0.29) is 16.6 Å². The first kappa shape index (κ1) is 16.5. The average molecular weight is 330 g/mol. The van der Waals surface area contributed by atoms with Gasteiger partial charge in [0.15, 0.2) is 5.78 Å². The van der Waals surface area contributed by atoms with E-state index in [1.165, 1.54) is 5.57 Å². The second-order valence-corrected chi connectivity index (χ2v) is 9.10. The molecule has 0 aliphatic heterocycles. The Bertz CT molecular complexity index is 633. The average Bonchev–Trinajstić information content (AvgIpc) is 2.86. The lowest BCUT2D eigenvalue weighted by molar-refractivity contribution is -0.117. The highest BCUT2D eigenvalue weighted by molar-refractivity contribution is 5.95. The van der Waals surface area contributed by atoms with E-state index in [1.54, 1.807) is 6.92 Å². The molecule has 0 unspecified atom stereocenters. The van der Waals surface area contributed by atoms with E-state index in [0.29, 0.717) is 24.2 Å². The second kappa shape index (κ2) is 5.28. The van der Waals surface area contributed by atoms with Gasteiger partial charge in [-0.3, -0.25) is 4.79 Å². The Morgan fingerprint density at radius 1 is 1.17 bits per heavy atom. The molecule has 2 N–H and O–H groups in total. The lowest BCUT2D eigenvalue weighted by Crippen LogP contribution is -2.55. The van der Waals surface area contributed by atoms with Gasteiger partial charge < -0.3 is 10.2 Å². The number of fused-ring (bicyclic) bond motifs is 5. The maximum absolute atomic E-state index is 12.1. The van der Waals surface area contributed by atoms with Gasteiger partial charge in [0, 0.05) is 11.8 Å². The number of hydrogen-bond acceptors (Lipinski definition) is 3. The Labute approximate surface area is 144 Å². The maximum Gasteiger partial charge on any atom is 0.156 e. The zero-order valence-electron chi connectivity index (χ0n) is 15.1.